The van der Waals surface area contributed by atoms with E-state index < -0.39 is 12.1 Å². The van der Waals surface area contributed by atoms with Crippen LogP contribution in [0.15, 0.2) is 0 Å². The van der Waals surface area contributed by atoms with E-state index in [0.29, 0.717) is 25.9 Å². The molecule has 0 saturated carbocycles. The summed E-state index contributed by atoms with van der Waals surface area (Å²) in [6.45, 7) is 4.23. The van der Waals surface area contributed by atoms with Gasteiger partial charge in [-0.05, 0) is 20.3 Å². The van der Waals surface area contributed by atoms with Crippen LogP contribution in [0.1, 0.15) is 26.7 Å². The van der Waals surface area contributed by atoms with Gasteiger partial charge < -0.3 is 15.3 Å². The number of rotatable bonds is 3. The van der Waals surface area contributed by atoms with E-state index >= 15 is 0 Å². The van der Waals surface area contributed by atoms with E-state index in [-0.39, 0.29) is 11.8 Å². The van der Waals surface area contributed by atoms with E-state index in [1.54, 1.807) is 13.8 Å². The highest BCUT2D eigenvalue weighted by Crippen LogP contribution is 2.08. The summed E-state index contributed by atoms with van der Waals surface area (Å²) in [6.07, 6.45) is 0.399. The predicted octanol–water partition coefficient (Wildman–Crippen LogP) is -0.506. The number of carbonyl (C=O) groups is 2. The Labute approximate surface area is 89.4 Å². The minimum absolute atomic E-state index is 0.0264. The summed E-state index contributed by atoms with van der Waals surface area (Å²) in [4.78, 5) is 24.6. The molecule has 1 saturated heterocycles. The maximum Gasteiger partial charge on any atom is 0.242 e. The van der Waals surface area contributed by atoms with E-state index in [0.717, 1.165) is 0 Å². The number of aliphatic hydroxyl groups is 1. The van der Waals surface area contributed by atoms with Crippen molar-refractivity contribution in [1.82, 2.24) is 10.2 Å². The van der Waals surface area contributed by atoms with Gasteiger partial charge in [-0.25, -0.2) is 0 Å². The molecular formula is C10H18N2O3. The highest BCUT2D eigenvalue weighted by Gasteiger charge is 2.28. The molecule has 1 aliphatic rings. The van der Waals surface area contributed by atoms with Crippen molar-refractivity contribution in [2.45, 2.75) is 38.8 Å². The van der Waals surface area contributed by atoms with Gasteiger partial charge in [0.1, 0.15) is 6.04 Å². The van der Waals surface area contributed by atoms with Crippen LogP contribution in [-0.4, -0.2) is 47.1 Å². The molecule has 15 heavy (non-hydrogen) atoms. The summed E-state index contributed by atoms with van der Waals surface area (Å²) in [6, 6.07) is -0.432. The van der Waals surface area contributed by atoms with Crippen LogP contribution in [-0.2, 0) is 9.59 Å². The van der Waals surface area contributed by atoms with Crippen LogP contribution in [0.25, 0.3) is 0 Å². The quantitative estimate of drug-likeness (QED) is 0.665. The first-order valence-electron chi connectivity index (χ1n) is 5.27. The minimum Gasteiger partial charge on any atom is -0.393 e. The molecule has 2 atom stereocenters. The first-order valence-corrected chi connectivity index (χ1v) is 5.27. The summed E-state index contributed by atoms with van der Waals surface area (Å²) >= 11 is 0. The van der Waals surface area contributed by atoms with Crippen LogP contribution in [0.5, 0.6) is 0 Å². The molecule has 1 aliphatic heterocycles. The van der Waals surface area contributed by atoms with Crippen molar-refractivity contribution in [2.24, 2.45) is 0 Å². The fourth-order valence-electron chi connectivity index (χ4n) is 1.59. The highest BCUT2D eigenvalue weighted by molar-refractivity contribution is 5.89. The Morgan fingerprint density at radius 2 is 2.27 bits per heavy atom. The Bertz CT molecular complexity index is 253. The van der Waals surface area contributed by atoms with Crippen LogP contribution in [0.4, 0.5) is 0 Å². The van der Waals surface area contributed by atoms with Gasteiger partial charge in [0.25, 0.3) is 0 Å². The molecular weight excluding hydrogens is 196 g/mol. The third kappa shape index (κ3) is 3.20. The predicted molar refractivity (Wildman–Crippen MR) is 55.1 cm³/mol. The van der Waals surface area contributed by atoms with Crippen LogP contribution in [0.2, 0.25) is 0 Å². The van der Waals surface area contributed by atoms with Gasteiger partial charge >= 0.3 is 0 Å². The van der Waals surface area contributed by atoms with Crippen molar-refractivity contribution in [3.8, 4) is 0 Å². The average molecular weight is 214 g/mol. The average Bonchev–Trinajstić information content (AvgIpc) is 2.26. The van der Waals surface area contributed by atoms with Crippen LogP contribution < -0.4 is 5.32 Å². The SMILES string of the molecule is CC(O)CCN1C(=O)CCNC(=O)C1C. The molecule has 0 aliphatic carbocycles. The summed E-state index contributed by atoms with van der Waals surface area (Å²) in [5.41, 5.74) is 0. The largest absolute Gasteiger partial charge is 0.393 e. The third-order valence-electron chi connectivity index (χ3n) is 2.59. The van der Waals surface area contributed by atoms with Crippen molar-refractivity contribution in [2.75, 3.05) is 13.1 Å². The first kappa shape index (κ1) is 12.0. The molecule has 0 aromatic carbocycles. The first-order chi connectivity index (χ1) is 7.02. The number of nitrogens with zero attached hydrogens (tertiary/aromatic N) is 1. The zero-order valence-corrected chi connectivity index (χ0v) is 9.19. The summed E-state index contributed by atoms with van der Waals surface area (Å²) < 4.78 is 0. The van der Waals surface area contributed by atoms with Gasteiger partial charge in [-0.3, -0.25) is 9.59 Å². The van der Waals surface area contributed by atoms with Crippen LogP contribution in [0, 0.1) is 0 Å². The minimum atomic E-state index is -0.448. The Hall–Kier alpha value is -1.10. The second-order valence-corrected chi connectivity index (χ2v) is 3.94. The number of hydrogen-bond donors (Lipinski definition) is 2. The zero-order valence-electron chi connectivity index (χ0n) is 9.19. The lowest BCUT2D eigenvalue weighted by Gasteiger charge is -2.26. The number of aliphatic hydroxyl groups excluding tert-OH is 1. The monoisotopic (exact) mass is 214 g/mol. The molecule has 1 fully saturated rings. The van der Waals surface area contributed by atoms with Gasteiger partial charge in [-0.15, -0.1) is 0 Å². The lowest BCUT2D eigenvalue weighted by Crippen LogP contribution is -2.45. The number of nitrogens with one attached hydrogen (secondary N) is 1. The second kappa shape index (κ2) is 5.11. The van der Waals surface area contributed by atoms with E-state index in [1.165, 1.54) is 4.90 Å². The number of amides is 2. The van der Waals surface area contributed by atoms with E-state index in [4.69, 9.17) is 5.11 Å². The topological polar surface area (TPSA) is 69.6 Å². The molecule has 2 unspecified atom stereocenters. The van der Waals surface area contributed by atoms with Crippen molar-refractivity contribution < 1.29 is 14.7 Å². The van der Waals surface area contributed by atoms with Gasteiger partial charge in [0.15, 0.2) is 0 Å². The van der Waals surface area contributed by atoms with Crippen molar-refractivity contribution >= 4 is 11.8 Å². The van der Waals surface area contributed by atoms with Gasteiger partial charge in [0, 0.05) is 19.5 Å². The molecule has 1 rings (SSSR count). The molecule has 0 radical (unpaired) electrons. The summed E-state index contributed by atoms with van der Waals surface area (Å²) in [7, 11) is 0. The third-order valence-corrected chi connectivity index (χ3v) is 2.59. The Kier molecular flexibility index (Phi) is 4.08. The fraction of sp³-hybridized carbons (Fsp3) is 0.800. The molecule has 2 N–H and O–H groups in total. The lowest BCUT2D eigenvalue weighted by atomic mass is 10.2. The van der Waals surface area contributed by atoms with Crippen LogP contribution >= 0.6 is 0 Å². The molecule has 0 spiro atoms. The normalized spacial score (nSPS) is 24.7. The van der Waals surface area contributed by atoms with Gasteiger partial charge in [-0.2, -0.15) is 0 Å². The van der Waals surface area contributed by atoms with Gasteiger partial charge in [-0.1, -0.05) is 0 Å². The molecule has 0 bridgehead atoms. The van der Waals surface area contributed by atoms with E-state index in [9.17, 15) is 9.59 Å². The van der Waals surface area contributed by atoms with Crippen molar-refractivity contribution in [1.29, 1.82) is 0 Å². The zero-order chi connectivity index (χ0) is 11.4. The number of hydrogen-bond acceptors (Lipinski definition) is 3. The lowest BCUT2D eigenvalue weighted by molar-refractivity contribution is -0.137. The van der Waals surface area contributed by atoms with E-state index in [1.807, 2.05) is 0 Å². The Balaban J connectivity index is 2.63. The van der Waals surface area contributed by atoms with Crippen molar-refractivity contribution in [3.05, 3.63) is 0 Å². The molecule has 5 nitrogen and oxygen atoms in total. The summed E-state index contributed by atoms with van der Waals surface area (Å²) in [5, 5.41) is 11.8. The molecule has 86 valence electrons. The van der Waals surface area contributed by atoms with Crippen molar-refractivity contribution in [3.63, 3.8) is 0 Å². The van der Waals surface area contributed by atoms with Gasteiger partial charge in [0.2, 0.25) is 11.8 Å². The molecule has 0 aromatic rings. The Morgan fingerprint density at radius 1 is 1.60 bits per heavy atom. The molecule has 5 heteroatoms. The highest BCUT2D eigenvalue weighted by atomic mass is 16.3. The van der Waals surface area contributed by atoms with Gasteiger partial charge in [0.05, 0.1) is 6.10 Å². The van der Waals surface area contributed by atoms with E-state index in [2.05, 4.69) is 5.32 Å². The molecule has 2 amide bonds. The maximum absolute atomic E-state index is 11.6. The Morgan fingerprint density at radius 3 is 2.87 bits per heavy atom. The maximum atomic E-state index is 11.6. The molecule has 0 aromatic heterocycles. The number of carbonyl (C=O) groups excluding carboxylic acids is 2. The fourth-order valence-corrected chi connectivity index (χ4v) is 1.59. The summed E-state index contributed by atoms with van der Waals surface area (Å²) in [5.74, 6) is -0.145. The smallest absolute Gasteiger partial charge is 0.242 e. The second-order valence-electron chi connectivity index (χ2n) is 3.94. The van der Waals surface area contributed by atoms with Crippen LogP contribution in [0.3, 0.4) is 0 Å². The molecule has 1 heterocycles. The standard InChI is InChI=1S/C10H18N2O3/c1-7(13)4-6-12-8(2)10(15)11-5-3-9(12)14/h7-8,13H,3-6H2,1-2H3,(H,11,15).